The second kappa shape index (κ2) is 12.8. The highest BCUT2D eigenvalue weighted by Crippen LogP contribution is 2.02. The highest BCUT2D eigenvalue weighted by atomic mass is 28.3. The zero-order chi connectivity index (χ0) is 13.6. The molecule has 0 rings (SSSR count). The van der Waals surface area contributed by atoms with Gasteiger partial charge >= 0.3 is 15.3 Å². The number of unbranched alkanes of at least 4 members (excludes halogenated alkanes) is 2. The molecule has 0 saturated carbocycles. The third-order valence-corrected chi connectivity index (χ3v) is 4.29. The van der Waals surface area contributed by atoms with E-state index in [0.29, 0.717) is 12.7 Å². The Bertz CT molecular complexity index is 211. The van der Waals surface area contributed by atoms with Gasteiger partial charge in [-0.25, -0.2) is 4.79 Å². The highest BCUT2D eigenvalue weighted by molar-refractivity contribution is 6.44. The van der Waals surface area contributed by atoms with Gasteiger partial charge in [0.2, 0.25) is 0 Å². The van der Waals surface area contributed by atoms with Gasteiger partial charge in [-0.3, -0.25) is 0 Å². The second-order valence-electron chi connectivity index (χ2n) is 4.04. The Morgan fingerprint density at radius 1 is 1.11 bits per heavy atom. The number of ether oxygens (including phenoxy) is 1. The molecule has 0 unspecified atom stereocenters. The summed E-state index contributed by atoms with van der Waals surface area (Å²) in [7, 11) is -1.68. The van der Waals surface area contributed by atoms with E-state index in [2.05, 4.69) is 20.4 Å². The van der Waals surface area contributed by atoms with Crippen molar-refractivity contribution in [1.29, 1.82) is 0 Å². The summed E-state index contributed by atoms with van der Waals surface area (Å²) in [6.45, 7) is 9.46. The summed E-state index contributed by atoms with van der Waals surface area (Å²) < 4.78 is 16.4. The summed E-state index contributed by atoms with van der Waals surface area (Å²) in [5.74, 6) is -0.384. The topological polar surface area (TPSA) is 44.8 Å². The SMILES string of the molecule is C=CC(=O)OCC[SiH](OCCCC)OCCCC. The van der Waals surface area contributed by atoms with E-state index in [4.69, 9.17) is 13.6 Å². The van der Waals surface area contributed by atoms with Crippen LogP contribution in [0.3, 0.4) is 0 Å². The van der Waals surface area contributed by atoms with Crippen LogP contribution in [0.5, 0.6) is 0 Å². The molecular weight excluding hydrogens is 248 g/mol. The van der Waals surface area contributed by atoms with Crippen molar-refractivity contribution in [3.63, 3.8) is 0 Å². The summed E-state index contributed by atoms with van der Waals surface area (Å²) in [5.41, 5.74) is 0. The van der Waals surface area contributed by atoms with Crippen LogP contribution in [0.15, 0.2) is 12.7 Å². The first-order valence-electron chi connectivity index (χ1n) is 6.77. The van der Waals surface area contributed by atoms with Crippen LogP contribution in [0.4, 0.5) is 0 Å². The Hall–Kier alpha value is -0.653. The summed E-state index contributed by atoms with van der Waals surface area (Å²) in [6, 6.07) is 0.701. The number of carbonyl (C=O) groups is 1. The van der Waals surface area contributed by atoms with Crippen LogP contribution in [0.25, 0.3) is 0 Å². The largest absolute Gasteiger partial charge is 0.463 e. The molecule has 0 aromatic rings. The Kier molecular flexibility index (Phi) is 12.3. The molecule has 0 aromatic heterocycles. The quantitative estimate of drug-likeness (QED) is 0.237. The van der Waals surface area contributed by atoms with Crippen LogP contribution in [-0.2, 0) is 18.4 Å². The molecular formula is C13H26O4Si. The Morgan fingerprint density at radius 2 is 1.67 bits per heavy atom. The van der Waals surface area contributed by atoms with E-state index < -0.39 is 9.28 Å². The van der Waals surface area contributed by atoms with Crippen molar-refractivity contribution in [1.82, 2.24) is 0 Å². The number of carbonyl (C=O) groups excluding carboxylic acids is 1. The Morgan fingerprint density at radius 3 is 2.11 bits per heavy atom. The molecule has 0 aliphatic carbocycles. The molecule has 106 valence electrons. The fourth-order valence-corrected chi connectivity index (χ4v) is 2.85. The fraction of sp³-hybridized carbons (Fsp3) is 0.769. The van der Waals surface area contributed by atoms with Crippen molar-refractivity contribution in [2.45, 2.75) is 45.6 Å². The van der Waals surface area contributed by atoms with Gasteiger partial charge < -0.3 is 13.6 Å². The van der Waals surface area contributed by atoms with Crippen LogP contribution in [0.1, 0.15) is 39.5 Å². The Balaban J connectivity index is 3.79. The molecule has 0 atom stereocenters. The average molecular weight is 274 g/mol. The maximum Gasteiger partial charge on any atom is 0.330 e. The third kappa shape index (κ3) is 10.5. The molecule has 0 aliphatic rings. The van der Waals surface area contributed by atoms with Crippen molar-refractivity contribution < 1.29 is 18.4 Å². The maximum atomic E-state index is 10.9. The Labute approximate surface area is 112 Å². The standard InChI is InChI=1S/C13H26O4Si/c1-4-7-9-16-18(17-10-8-5-2)12-11-15-13(14)6-3/h6,18H,3-5,7-12H2,1-2H3. The van der Waals surface area contributed by atoms with E-state index in [1.54, 1.807) is 0 Å². The van der Waals surface area contributed by atoms with Gasteiger partial charge in [0, 0.05) is 25.3 Å². The van der Waals surface area contributed by atoms with Crippen molar-refractivity contribution in [2.75, 3.05) is 19.8 Å². The summed E-state index contributed by atoms with van der Waals surface area (Å²) >= 11 is 0. The minimum atomic E-state index is -1.68. The lowest BCUT2D eigenvalue weighted by molar-refractivity contribution is -0.137. The van der Waals surface area contributed by atoms with Gasteiger partial charge in [0.05, 0.1) is 6.61 Å². The summed E-state index contributed by atoms with van der Waals surface area (Å²) in [4.78, 5) is 10.9. The van der Waals surface area contributed by atoms with E-state index in [1.807, 2.05) is 0 Å². The van der Waals surface area contributed by atoms with Crippen molar-refractivity contribution in [3.05, 3.63) is 12.7 Å². The van der Waals surface area contributed by atoms with Crippen LogP contribution in [0.2, 0.25) is 6.04 Å². The van der Waals surface area contributed by atoms with Crippen molar-refractivity contribution >= 4 is 15.3 Å². The van der Waals surface area contributed by atoms with Gasteiger partial charge in [-0.05, 0) is 12.8 Å². The number of hydrogen-bond acceptors (Lipinski definition) is 4. The first-order valence-corrected chi connectivity index (χ1v) is 8.52. The smallest absolute Gasteiger partial charge is 0.330 e. The first-order chi connectivity index (χ1) is 8.74. The van der Waals surface area contributed by atoms with Crippen LogP contribution < -0.4 is 0 Å². The molecule has 0 aliphatic heterocycles. The van der Waals surface area contributed by atoms with E-state index in [9.17, 15) is 4.79 Å². The monoisotopic (exact) mass is 274 g/mol. The van der Waals surface area contributed by atoms with Gasteiger partial charge in [-0.2, -0.15) is 0 Å². The lowest BCUT2D eigenvalue weighted by Crippen LogP contribution is -2.26. The zero-order valence-electron chi connectivity index (χ0n) is 11.7. The normalized spacial score (nSPS) is 10.6. The van der Waals surface area contributed by atoms with Crippen LogP contribution in [-0.4, -0.2) is 35.1 Å². The first kappa shape index (κ1) is 17.3. The van der Waals surface area contributed by atoms with Gasteiger partial charge in [0.15, 0.2) is 0 Å². The predicted molar refractivity (Wildman–Crippen MR) is 74.8 cm³/mol. The molecule has 0 aromatic carbocycles. The second-order valence-corrected chi connectivity index (χ2v) is 6.14. The van der Waals surface area contributed by atoms with Crippen molar-refractivity contribution in [2.24, 2.45) is 0 Å². The van der Waals surface area contributed by atoms with Gasteiger partial charge in [-0.15, -0.1) is 0 Å². The number of hydrogen-bond donors (Lipinski definition) is 0. The molecule has 0 spiro atoms. The zero-order valence-corrected chi connectivity index (χ0v) is 12.8. The minimum Gasteiger partial charge on any atom is -0.463 e. The predicted octanol–water partition coefficient (Wildman–Crippen LogP) is 2.57. The minimum absolute atomic E-state index is 0.361. The molecule has 0 bridgehead atoms. The fourth-order valence-electron chi connectivity index (χ4n) is 1.25. The van der Waals surface area contributed by atoms with E-state index >= 15 is 0 Å². The molecule has 4 nitrogen and oxygen atoms in total. The van der Waals surface area contributed by atoms with E-state index in [1.165, 1.54) is 6.08 Å². The lowest BCUT2D eigenvalue weighted by Gasteiger charge is -2.16. The highest BCUT2D eigenvalue weighted by Gasteiger charge is 2.13. The molecule has 0 amide bonds. The van der Waals surface area contributed by atoms with E-state index in [0.717, 1.165) is 38.9 Å². The molecule has 5 heteroatoms. The summed E-state index contributed by atoms with van der Waals surface area (Å²) in [6.07, 6.45) is 5.50. The van der Waals surface area contributed by atoms with Gasteiger partial charge in [0.1, 0.15) is 0 Å². The molecule has 0 fully saturated rings. The van der Waals surface area contributed by atoms with Crippen molar-refractivity contribution in [3.8, 4) is 0 Å². The molecule has 0 saturated heterocycles. The van der Waals surface area contributed by atoms with E-state index in [-0.39, 0.29) is 5.97 Å². The van der Waals surface area contributed by atoms with Gasteiger partial charge in [0.25, 0.3) is 0 Å². The lowest BCUT2D eigenvalue weighted by atomic mass is 10.4. The van der Waals surface area contributed by atoms with Gasteiger partial charge in [-0.1, -0.05) is 33.3 Å². The average Bonchev–Trinajstić information content (AvgIpc) is 2.38. The molecule has 18 heavy (non-hydrogen) atoms. The summed E-state index contributed by atoms with van der Waals surface area (Å²) in [5, 5.41) is 0. The number of esters is 1. The molecule has 0 N–H and O–H groups in total. The molecule has 0 heterocycles. The van der Waals surface area contributed by atoms with Crippen LogP contribution in [0, 0.1) is 0 Å². The maximum absolute atomic E-state index is 10.9. The molecule has 0 radical (unpaired) electrons. The van der Waals surface area contributed by atoms with Crippen LogP contribution >= 0.6 is 0 Å². The third-order valence-electron chi connectivity index (χ3n) is 2.37. The number of rotatable bonds is 12.